The van der Waals surface area contributed by atoms with Crippen molar-refractivity contribution in [1.29, 1.82) is 0 Å². The first-order valence-corrected chi connectivity index (χ1v) is 5.80. The predicted octanol–water partition coefficient (Wildman–Crippen LogP) is 1.36. The normalized spacial score (nSPS) is 12.2. The molecule has 0 saturated heterocycles. The Bertz CT molecular complexity index is 434. The van der Waals surface area contributed by atoms with E-state index >= 15 is 0 Å². The predicted molar refractivity (Wildman–Crippen MR) is 65.4 cm³/mol. The van der Waals surface area contributed by atoms with Crippen molar-refractivity contribution >= 4 is 23.5 Å². The van der Waals surface area contributed by atoms with Crippen LogP contribution in [0.3, 0.4) is 0 Å². The summed E-state index contributed by atoms with van der Waals surface area (Å²) in [5.74, 6) is -1.42. The summed E-state index contributed by atoms with van der Waals surface area (Å²) in [7, 11) is 0. The number of nitrogens with zero attached hydrogens (tertiary/aromatic N) is 2. The number of nitrogens with one attached hydrogen (secondary N) is 1. The summed E-state index contributed by atoms with van der Waals surface area (Å²) in [6.45, 7) is 3.67. The first-order chi connectivity index (χ1) is 8.40. The van der Waals surface area contributed by atoms with Crippen LogP contribution in [0.1, 0.15) is 30.8 Å². The molecular formula is C11H14ClN3O3. The van der Waals surface area contributed by atoms with Gasteiger partial charge in [-0.15, -0.1) is 10.2 Å². The van der Waals surface area contributed by atoms with E-state index in [9.17, 15) is 9.59 Å². The number of halogens is 1. The third-order valence-electron chi connectivity index (χ3n) is 2.38. The molecule has 0 aromatic carbocycles. The molecule has 1 rings (SSSR count). The van der Waals surface area contributed by atoms with Crippen LogP contribution < -0.4 is 5.32 Å². The molecule has 98 valence electrons. The zero-order valence-corrected chi connectivity index (χ0v) is 10.8. The van der Waals surface area contributed by atoms with Crippen LogP contribution in [0.2, 0.25) is 5.15 Å². The Balaban J connectivity index is 2.72. The summed E-state index contributed by atoms with van der Waals surface area (Å²) in [6.07, 6.45) is -0.134. The number of carbonyl (C=O) groups is 2. The van der Waals surface area contributed by atoms with Gasteiger partial charge in [-0.1, -0.05) is 25.4 Å². The fourth-order valence-corrected chi connectivity index (χ4v) is 1.42. The fourth-order valence-electron chi connectivity index (χ4n) is 1.32. The van der Waals surface area contributed by atoms with Gasteiger partial charge in [-0.2, -0.15) is 0 Å². The Morgan fingerprint density at radius 2 is 2.06 bits per heavy atom. The molecule has 1 atom stereocenters. The van der Waals surface area contributed by atoms with Crippen LogP contribution in [0, 0.1) is 5.92 Å². The molecule has 0 saturated carbocycles. The van der Waals surface area contributed by atoms with Crippen molar-refractivity contribution in [2.75, 3.05) is 0 Å². The Kier molecular flexibility index (Phi) is 5.03. The van der Waals surface area contributed by atoms with E-state index in [-0.39, 0.29) is 23.2 Å². The standard InChI is InChI=1S/C11H14ClN3O3/c1-6(2)8(5-10(16)17)13-11(18)7-3-4-9(12)15-14-7/h3-4,6,8H,5H2,1-2H3,(H,13,18)(H,16,17). The van der Waals surface area contributed by atoms with Crippen LogP contribution in [0.15, 0.2) is 12.1 Å². The highest BCUT2D eigenvalue weighted by Crippen LogP contribution is 2.08. The molecule has 1 amide bonds. The van der Waals surface area contributed by atoms with Gasteiger partial charge in [-0.25, -0.2) is 0 Å². The molecule has 2 N–H and O–H groups in total. The monoisotopic (exact) mass is 271 g/mol. The number of carboxylic acid groups (broad SMARTS) is 1. The molecule has 6 nitrogen and oxygen atoms in total. The van der Waals surface area contributed by atoms with Crippen molar-refractivity contribution in [3.05, 3.63) is 23.0 Å². The molecule has 0 aliphatic rings. The molecule has 1 unspecified atom stereocenters. The van der Waals surface area contributed by atoms with Gasteiger partial charge in [-0.05, 0) is 18.1 Å². The molecule has 1 aromatic heterocycles. The minimum atomic E-state index is -0.962. The minimum Gasteiger partial charge on any atom is -0.481 e. The highest BCUT2D eigenvalue weighted by molar-refractivity contribution is 6.29. The van der Waals surface area contributed by atoms with Gasteiger partial charge < -0.3 is 10.4 Å². The van der Waals surface area contributed by atoms with Crippen molar-refractivity contribution < 1.29 is 14.7 Å². The summed E-state index contributed by atoms with van der Waals surface area (Å²) in [5, 5.41) is 18.7. The molecule has 18 heavy (non-hydrogen) atoms. The van der Waals surface area contributed by atoms with E-state index in [1.807, 2.05) is 13.8 Å². The molecule has 0 fully saturated rings. The molecule has 7 heteroatoms. The molecule has 0 aliphatic carbocycles. The lowest BCUT2D eigenvalue weighted by atomic mass is 10.0. The number of amides is 1. The summed E-state index contributed by atoms with van der Waals surface area (Å²) in [5.41, 5.74) is 0.107. The Hall–Kier alpha value is -1.69. The van der Waals surface area contributed by atoms with Crippen molar-refractivity contribution in [1.82, 2.24) is 15.5 Å². The molecule has 0 aliphatic heterocycles. The van der Waals surface area contributed by atoms with Gasteiger partial charge >= 0.3 is 5.97 Å². The number of rotatable bonds is 5. The molecule has 0 bridgehead atoms. The second-order valence-electron chi connectivity index (χ2n) is 4.16. The average molecular weight is 272 g/mol. The highest BCUT2D eigenvalue weighted by atomic mass is 35.5. The van der Waals surface area contributed by atoms with Gasteiger partial charge in [0, 0.05) is 6.04 Å². The summed E-state index contributed by atoms with van der Waals surface area (Å²) >= 11 is 5.56. The third kappa shape index (κ3) is 4.29. The second kappa shape index (κ2) is 6.30. The Labute approximate surface area is 109 Å². The van der Waals surface area contributed by atoms with E-state index < -0.39 is 17.9 Å². The van der Waals surface area contributed by atoms with Crippen LogP contribution in [0.25, 0.3) is 0 Å². The molecule has 1 aromatic rings. The van der Waals surface area contributed by atoms with Crippen LogP contribution in [0.4, 0.5) is 0 Å². The van der Waals surface area contributed by atoms with E-state index in [2.05, 4.69) is 15.5 Å². The van der Waals surface area contributed by atoms with E-state index in [4.69, 9.17) is 16.7 Å². The van der Waals surface area contributed by atoms with Crippen molar-refractivity contribution in [3.63, 3.8) is 0 Å². The van der Waals surface area contributed by atoms with Crippen LogP contribution in [0.5, 0.6) is 0 Å². The minimum absolute atomic E-state index is 0.00492. The van der Waals surface area contributed by atoms with Gasteiger partial charge in [0.2, 0.25) is 0 Å². The highest BCUT2D eigenvalue weighted by Gasteiger charge is 2.20. The zero-order chi connectivity index (χ0) is 13.7. The Morgan fingerprint density at radius 1 is 1.39 bits per heavy atom. The lowest BCUT2D eigenvalue weighted by molar-refractivity contribution is -0.137. The van der Waals surface area contributed by atoms with E-state index in [0.29, 0.717) is 0 Å². The number of aromatic nitrogens is 2. The summed E-state index contributed by atoms with van der Waals surface area (Å²) < 4.78 is 0. The first kappa shape index (κ1) is 14.4. The van der Waals surface area contributed by atoms with Crippen LogP contribution in [-0.4, -0.2) is 33.2 Å². The number of hydrogen-bond acceptors (Lipinski definition) is 4. The van der Waals surface area contributed by atoms with Crippen molar-refractivity contribution in [2.45, 2.75) is 26.3 Å². The fraction of sp³-hybridized carbons (Fsp3) is 0.455. The molecule has 0 radical (unpaired) electrons. The van der Waals surface area contributed by atoms with E-state index in [1.54, 1.807) is 0 Å². The summed E-state index contributed by atoms with van der Waals surface area (Å²) in [6, 6.07) is 2.43. The SMILES string of the molecule is CC(C)C(CC(=O)O)NC(=O)c1ccc(Cl)nn1. The lowest BCUT2D eigenvalue weighted by Gasteiger charge is -2.20. The van der Waals surface area contributed by atoms with Crippen LogP contribution >= 0.6 is 11.6 Å². The molecule has 1 heterocycles. The maximum Gasteiger partial charge on any atom is 0.305 e. The summed E-state index contributed by atoms with van der Waals surface area (Å²) in [4.78, 5) is 22.5. The van der Waals surface area contributed by atoms with Crippen molar-refractivity contribution in [3.8, 4) is 0 Å². The van der Waals surface area contributed by atoms with E-state index in [0.717, 1.165) is 0 Å². The largest absolute Gasteiger partial charge is 0.481 e. The smallest absolute Gasteiger partial charge is 0.305 e. The van der Waals surface area contributed by atoms with Crippen LogP contribution in [-0.2, 0) is 4.79 Å². The molecule has 0 spiro atoms. The quantitative estimate of drug-likeness (QED) is 0.843. The van der Waals surface area contributed by atoms with Gasteiger partial charge in [0.25, 0.3) is 5.91 Å². The maximum atomic E-state index is 11.8. The number of aliphatic carboxylic acids is 1. The number of carboxylic acids is 1. The van der Waals surface area contributed by atoms with Gasteiger partial charge in [0.05, 0.1) is 6.42 Å². The molecular weight excluding hydrogens is 258 g/mol. The number of hydrogen-bond donors (Lipinski definition) is 2. The zero-order valence-electron chi connectivity index (χ0n) is 10.1. The Morgan fingerprint density at radius 3 is 2.50 bits per heavy atom. The van der Waals surface area contributed by atoms with E-state index in [1.165, 1.54) is 12.1 Å². The van der Waals surface area contributed by atoms with Gasteiger partial charge in [-0.3, -0.25) is 9.59 Å². The lowest BCUT2D eigenvalue weighted by Crippen LogP contribution is -2.40. The maximum absolute atomic E-state index is 11.8. The number of carbonyl (C=O) groups excluding carboxylic acids is 1. The van der Waals surface area contributed by atoms with Crippen molar-refractivity contribution in [2.24, 2.45) is 5.92 Å². The van der Waals surface area contributed by atoms with Gasteiger partial charge in [0.15, 0.2) is 10.8 Å². The first-order valence-electron chi connectivity index (χ1n) is 5.42. The second-order valence-corrected chi connectivity index (χ2v) is 4.55. The average Bonchev–Trinajstić information content (AvgIpc) is 2.28. The topological polar surface area (TPSA) is 92.2 Å². The van der Waals surface area contributed by atoms with Gasteiger partial charge in [0.1, 0.15) is 0 Å². The third-order valence-corrected chi connectivity index (χ3v) is 2.58.